The number of amides is 1. The van der Waals surface area contributed by atoms with Gasteiger partial charge < -0.3 is 10.1 Å². The lowest BCUT2D eigenvalue weighted by Crippen LogP contribution is -2.33. The van der Waals surface area contributed by atoms with E-state index in [-0.39, 0.29) is 11.7 Å². The average Bonchev–Trinajstić information content (AvgIpc) is 2.74. The second kappa shape index (κ2) is 9.39. The zero-order valence-electron chi connectivity index (χ0n) is 16.3. The Morgan fingerprint density at radius 2 is 1.69 bits per heavy atom. The SMILES string of the molecule is CC[C@H](Oc1ccccc1C)C(=O)Nc1ccc(Cl)cc1C(=O)c1ccccc1. The number of nitrogens with one attached hydrogen (secondary N) is 1. The van der Waals surface area contributed by atoms with Gasteiger partial charge in [-0.25, -0.2) is 0 Å². The molecule has 1 amide bonds. The monoisotopic (exact) mass is 407 g/mol. The lowest BCUT2D eigenvalue weighted by Gasteiger charge is -2.19. The van der Waals surface area contributed by atoms with Crippen LogP contribution in [0.5, 0.6) is 5.75 Å². The van der Waals surface area contributed by atoms with Crippen molar-refractivity contribution >= 4 is 29.0 Å². The minimum absolute atomic E-state index is 0.212. The van der Waals surface area contributed by atoms with Crippen molar-refractivity contribution in [2.75, 3.05) is 5.32 Å². The second-order valence-corrected chi connectivity index (χ2v) is 7.09. The molecule has 3 rings (SSSR count). The van der Waals surface area contributed by atoms with Gasteiger partial charge in [0.05, 0.1) is 5.69 Å². The minimum Gasteiger partial charge on any atom is -0.480 e. The molecule has 0 fully saturated rings. The number of rotatable bonds is 7. The van der Waals surface area contributed by atoms with Crippen molar-refractivity contribution in [3.63, 3.8) is 0 Å². The molecule has 3 aromatic rings. The number of halogens is 1. The van der Waals surface area contributed by atoms with Crippen LogP contribution in [0.25, 0.3) is 0 Å². The highest BCUT2D eigenvalue weighted by Crippen LogP contribution is 2.25. The van der Waals surface area contributed by atoms with Gasteiger partial charge in [-0.3, -0.25) is 9.59 Å². The van der Waals surface area contributed by atoms with E-state index in [4.69, 9.17) is 16.3 Å². The summed E-state index contributed by atoms with van der Waals surface area (Å²) in [4.78, 5) is 25.8. The molecule has 29 heavy (non-hydrogen) atoms. The molecule has 0 unspecified atom stereocenters. The number of anilines is 1. The lowest BCUT2D eigenvalue weighted by atomic mass is 10.0. The second-order valence-electron chi connectivity index (χ2n) is 6.65. The van der Waals surface area contributed by atoms with Crippen LogP contribution in [-0.4, -0.2) is 17.8 Å². The predicted octanol–water partition coefficient (Wildman–Crippen LogP) is 5.68. The maximum absolute atomic E-state index is 12.9. The molecule has 3 aromatic carbocycles. The van der Waals surface area contributed by atoms with Crippen molar-refractivity contribution < 1.29 is 14.3 Å². The first-order valence-electron chi connectivity index (χ1n) is 9.42. The van der Waals surface area contributed by atoms with Gasteiger partial charge in [0.1, 0.15) is 5.75 Å². The summed E-state index contributed by atoms with van der Waals surface area (Å²) in [6, 6.07) is 21.3. The average molecular weight is 408 g/mol. The predicted molar refractivity (Wildman–Crippen MR) is 116 cm³/mol. The standard InChI is InChI=1S/C24H22ClNO3/c1-3-21(29-22-12-8-7-9-16(22)2)24(28)26-20-14-13-18(25)15-19(20)23(27)17-10-5-4-6-11-17/h4-15,21H,3H2,1-2H3,(H,26,28)/t21-/m0/s1. The van der Waals surface area contributed by atoms with E-state index in [1.807, 2.05) is 44.2 Å². The lowest BCUT2D eigenvalue weighted by molar-refractivity contribution is -0.122. The van der Waals surface area contributed by atoms with Crippen molar-refractivity contribution in [1.82, 2.24) is 0 Å². The fourth-order valence-corrected chi connectivity index (χ4v) is 3.11. The summed E-state index contributed by atoms with van der Waals surface area (Å²) in [6.07, 6.45) is -0.207. The van der Waals surface area contributed by atoms with Crippen LogP contribution < -0.4 is 10.1 Å². The van der Waals surface area contributed by atoms with E-state index in [0.717, 1.165) is 5.56 Å². The summed E-state index contributed by atoms with van der Waals surface area (Å²) in [6.45, 7) is 3.80. The Hall–Kier alpha value is -3.11. The van der Waals surface area contributed by atoms with E-state index >= 15 is 0 Å². The molecule has 0 aromatic heterocycles. The van der Waals surface area contributed by atoms with E-state index < -0.39 is 6.10 Å². The molecule has 0 aliphatic carbocycles. The summed E-state index contributed by atoms with van der Waals surface area (Å²) in [5.74, 6) is 0.127. The first-order valence-corrected chi connectivity index (χ1v) is 9.80. The summed E-state index contributed by atoms with van der Waals surface area (Å²) >= 11 is 6.11. The summed E-state index contributed by atoms with van der Waals surface area (Å²) in [5.41, 5.74) is 2.21. The van der Waals surface area contributed by atoms with Gasteiger partial charge in [0.2, 0.25) is 0 Å². The van der Waals surface area contributed by atoms with Gasteiger partial charge in [0.25, 0.3) is 5.91 Å². The van der Waals surface area contributed by atoms with E-state index in [1.165, 1.54) is 0 Å². The van der Waals surface area contributed by atoms with Crippen molar-refractivity contribution in [3.8, 4) is 5.75 Å². The van der Waals surface area contributed by atoms with Gasteiger partial charge in [-0.15, -0.1) is 0 Å². The van der Waals surface area contributed by atoms with Crippen LogP contribution in [0, 0.1) is 6.92 Å². The van der Waals surface area contributed by atoms with Gasteiger partial charge in [-0.2, -0.15) is 0 Å². The zero-order valence-corrected chi connectivity index (χ0v) is 17.1. The Kier molecular flexibility index (Phi) is 6.68. The van der Waals surface area contributed by atoms with Gasteiger partial charge in [-0.1, -0.05) is 67.1 Å². The number of hydrogen-bond donors (Lipinski definition) is 1. The molecule has 1 atom stereocenters. The fraction of sp³-hybridized carbons (Fsp3) is 0.167. The summed E-state index contributed by atoms with van der Waals surface area (Å²) < 4.78 is 5.91. The first-order chi connectivity index (χ1) is 14.0. The maximum Gasteiger partial charge on any atom is 0.265 e. The number of carbonyl (C=O) groups excluding carboxylic acids is 2. The van der Waals surface area contributed by atoms with Crippen molar-refractivity contribution in [2.45, 2.75) is 26.4 Å². The Morgan fingerprint density at radius 3 is 2.38 bits per heavy atom. The molecule has 0 aliphatic rings. The largest absolute Gasteiger partial charge is 0.480 e. The molecule has 0 saturated carbocycles. The number of para-hydroxylation sites is 1. The Balaban J connectivity index is 1.84. The highest BCUT2D eigenvalue weighted by atomic mass is 35.5. The molecular weight excluding hydrogens is 386 g/mol. The van der Waals surface area contributed by atoms with Crippen LogP contribution in [0.3, 0.4) is 0 Å². The molecule has 0 bridgehead atoms. The van der Waals surface area contributed by atoms with E-state index in [1.54, 1.807) is 42.5 Å². The topological polar surface area (TPSA) is 55.4 Å². The summed E-state index contributed by atoms with van der Waals surface area (Å²) in [5, 5.41) is 3.26. The Labute approximate surface area is 175 Å². The fourth-order valence-electron chi connectivity index (χ4n) is 2.94. The maximum atomic E-state index is 12.9. The number of hydrogen-bond acceptors (Lipinski definition) is 3. The van der Waals surface area contributed by atoms with Gasteiger partial charge >= 0.3 is 0 Å². The van der Waals surface area contributed by atoms with Crippen LogP contribution in [0.15, 0.2) is 72.8 Å². The normalized spacial score (nSPS) is 11.6. The van der Waals surface area contributed by atoms with E-state index in [0.29, 0.717) is 34.0 Å². The third-order valence-corrected chi connectivity index (χ3v) is 4.78. The number of ether oxygens (including phenoxy) is 1. The van der Waals surface area contributed by atoms with Crippen LogP contribution >= 0.6 is 11.6 Å². The molecular formula is C24H22ClNO3. The molecule has 1 N–H and O–H groups in total. The first kappa shape index (κ1) is 20.6. The zero-order chi connectivity index (χ0) is 20.8. The van der Waals surface area contributed by atoms with Crippen molar-refractivity contribution in [2.24, 2.45) is 0 Å². The van der Waals surface area contributed by atoms with Crippen molar-refractivity contribution in [3.05, 3.63) is 94.5 Å². The van der Waals surface area contributed by atoms with Gasteiger partial charge in [-0.05, 0) is 43.2 Å². The number of carbonyl (C=O) groups is 2. The van der Waals surface area contributed by atoms with Crippen LogP contribution in [-0.2, 0) is 4.79 Å². The molecule has 0 radical (unpaired) electrons. The van der Waals surface area contributed by atoms with E-state index in [2.05, 4.69) is 5.32 Å². The molecule has 0 spiro atoms. The third-order valence-electron chi connectivity index (χ3n) is 4.55. The quantitative estimate of drug-likeness (QED) is 0.513. The highest BCUT2D eigenvalue weighted by Gasteiger charge is 2.22. The van der Waals surface area contributed by atoms with Crippen molar-refractivity contribution in [1.29, 1.82) is 0 Å². The van der Waals surface area contributed by atoms with Crippen LogP contribution in [0.4, 0.5) is 5.69 Å². The van der Waals surface area contributed by atoms with Gasteiger partial charge in [0, 0.05) is 16.1 Å². The number of benzene rings is 3. The molecule has 5 heteroatoms. The smallest absolute Gasteiger partial charge is 0.265 e. The molecule has 4 nitrogen and oxygen atoms in total. The third kappa shape index (κ3) is 5.04. The number of ketones is 1. The van der Waals surface area contributed by atoms with Gasteiger partial charge in [0.15, 0.2) is 11.9 Å². The minimum atomic E-state index is -0.688. The van der Waals surface area contributed by atoms with E-state index in [9.17, 15) is 9.59 Å². The number of aryl methyl sites for hydroxylation is 1. The molecule has 0 saturated heterocycles. The Morgan fingerprint density at radius 1 is 1.00 bits per heavy atom. The van der Waals surface area contributed by atoms with Crippen LogP contribution in [0.1, 0.15) is 34.8 Å². The summed E-state index contributed by atoms with van der Waals surface area (Å²) in [7, 11) is 0. The highest BCUT2D eigenvalue weighted by molar-refractivity contribution is 6.31. The molecule has 0 heterocycles. The van der Waals surface area contributed by atoms with Crippen LogP contribution in [0.2, 0.25) is 5.02 Å². The molecule has 0 aliphatic heterocycles. The Bertz CT molecular complexity index is 1020. The molecule has 148 valence electrons.